The lowest BCUT2D eigenvalue weighted by Crippen LogP contribution is -2.29. The quantitative estimate of drug-likeness (QED) is 0.526. The minimum absolute atomic E-state index is 0.347. The van der Waals surface area contributed by atoms with Crippen LogP contribution in [0.4, 0.5) is 0 Å². The molecule has 0 saturated heterocycles. The van der Waals surface area contributed by atoms with Crippen LogP contribution in [0.2, 0.25) is 0 Å². The van der Waals surface area contributed by atoms with E-state index >= 15 is 0 Å². The first-order chi connectivity index (χ1) is 11.6. The highest BCUT2D eigenvalue weighted by atomic mass is 32.2. The van der Waals surface area contributed by atoms with Gasteiger partial charge in [0.15, 0.2) is 16.3 Å². The number of aryl methyl sites for hydroxylation is 2. The van der Waals surface area contributed by atoms with Crippen molar-refractivity contribution in [3.8, 4) is 0 Å². The van der Waals surface area contributed by atoms with E-state index in [4.69, 9.17) is 0 Å². The summed E-state index contributed by atoms with van der Waals surface area (Å²) in [5, 5.41) is 0.840. The third-order valence-corrected chi connectivity index (χ3v) is 5.21. The summed E-state index contributed by atoms with van der Waals surface area (Å²) in [6.07, 6.45) is 8.48. The zero-order valence-electron chi connectivity index (χ0n) is 14.9. The van der Waals surface area contributed by atoms with Crippen molar-refractivity contribution in [3.63, 3.8) is 0 Å². The van der Waals surface area contributed by atoms with Gasteiger partial charge in [-0.1, -0.05) is 57.7 Å². The molecule has 0 spiro atoms. The van der Waals surface area contributed by atoms with Gasteiger partial charge in [0.2, 0.25) is 0 Å². The van der Waals surface area contributed by atoms with Gasteiger partial charge in [0.1, 0.15) is 0 Å². The van der Waals surface area contributed by atoms with E-state index in [9.17, 15) is 9.59 Å². The molecule has 0 fully saturated rings. The van der Waals surface area contributed by atoms with Crippen LogP contribution in [-0.2, 0) is 13.6 Å². The second kappa shape index (κ2) is 9.11. The zero-order valence-corrected chi connectivity index (χ0v) is 15.7. The fourth-order valence-electron chi connectivity index (χ4n) is 2.80. The van der Waals surface area contributed by atoms with E-state index in [0.717, 1.165) is 30.3 Å². The van der Waals surface area contributed by atoms with E-state index in [1.165, 1.54) is 36.7 Å². The Bertz CT molecular complexity index is 775. The number of unbranched alkanes of at least 4 members (excludes halogenated alkanes) is 5. The molecule has 24 heavy (non-hydrogen) atoms. The maximum Gasteiger partial charge on any atom is 0.329 e. The monoisotopic (exact) mass is 352 g/mol. The summed E-state index contributed by atoms with van der Waals surface area (Å²) in [5.74, 6) is 0.991. The van der Waals surface area contributed by atoms with Gasteiger partial charge in [0.05, 0.1) is 0 Å². The minimum atomic E-state index is -0.416. The predicted molar refractivity (Wildman–Crippen MR) is 100.0 cm³/mol. The van der Waals surface area contributed by atoms with E-state index in [1.54, 1.807) is 18.8 Å². The topological polar surface area (TPSA) is 72.7 Å². The second-order valence-electron chi connectivity index (χ2n) is 6.15. The molecule has 1 N–H and O–H groups in total. The van der Waals surface area contributed by atoms with Crippen LogP contribution < -0.4 is 11.2 Å². The molecule has 7 heteroatoms. The average molecular weight is 353 g/mol. The lowest BCUT2D eigenvalue weighted by molar-refractivity contribution is 0.623. The second-order valence-corrected chi connectivity index (χ2v) is 7.21. The number of nitrogens with zero attached hydrogens (tertiary/aromatic N) is 3. The molecule has 2 heterocycles. The smallest absolute Gasteiger partial charge is 0.313 e. The number of hydrogen-bond donors (Lipinski definition) is 1. The molecule has 0 saturated carbocycles. The van der Waals surface area contributed by atoms with Crippen LogP contribution in [0.1, 0.15) is 58.8 Å². The Kier molecular flexibility index (Phi) is 7.15. The number of fused-ring (bicyclic) bond motifs is 1. The van der Waals surface area contributed by atoms with Crippen LogP contribution in [0.15, 0.2) is 14.7 Å². The number of rotatable bonds is 10. The van der Waals surface area contributed by atoms with E-state index < -0.39 is 5.69 Å². The van der Waals surface area contributed by atoms with Gasteiger partial charge in [-0.05, 0) is 12.8 Å². The first-order valence-electron chi connectivity index (χ1n) is 8.92. The number of aromatic amines is 1. The molecule has 0 aliphatic rings. The third-order valence-electron chi connectivity index (χ3n) is 4.15. The molecule has 0 unspecified atom stereocenters. The lowest BCUT2D eigenvalue weighted by atomic mass is 10.1. The Morgan fingerprint density at radius 3 is 2.46 bits per heavy atom. The maximum atomic E-state index is 12.2. The Labute approximate surface area is 146 Å². The van der Waals surface area contributed by atoms with Crippen molar-refractivity contribution in [2.75, 3.05) is 5.75 Å². The summed E-state index contributed by atoms with van der Waals surface area (Å²) in [6, 6.07) is 0. The van der Waals surface area contributed by atoms with Crippen molar-refractivity contribution >= 4 is 22.9 Å². The van der Waals surface area contributed by atoms with Crippen LogP contribution in [0, 0.1) is 0 Å². The highest BCUT2D eigenvalue weighted by molar-refractivity contribution is 7.99. The lowest BCUT2D eigenvalue weighted by Gasteiger charge is -2.06. The predicted octanol–water partition coefficient (Wildman–Crippen LogP) is 3.29. The van der Waals surface area contributed by atoms with Gasteiger partial charge in [0.25, 0.3) is 5.56 Å². The third kappa shape index (κ3) is 4.32. The number of aromatic nitrogens is 4. The standard InChI is InChI=1S/C17H28N4O2S/c1-4-6-7-8-9-10-12-24-17-18-14-13(21(17)11-5-2)15(22)19-16(23)20(14)3/h4-12H2,1-3H3,(H,19,22,23). The Hall–Kier alpha value is -1.50. The van der Waals surface area contributed by atoms with Gasteiger partial charge in [-0.15, -0.1) is 0 Å². The molecule has 2 aromatic rings. The molecule has 0 amide bonds. The van der Waals surface area contributed by atoms with Crippen LogP contribution in [0.3, 0.4) is 0 Å². The molecule has 0 aliphatic heterocycles. The molecule has 6 nitrogen and oxygen atoms in total. The number of hydrogen-bond acceptors (Lipinski definition) is 4. The molecule has 0 radical (unpaired) electrons. The van der Waals surface area contributed by atoms with E-state index in [1.807, 2.05) is 4.57 Å². The SMILES string of the molecule is CCCCCCCCSc1nc2c(c(=O)[nH]c(=O)n2C)n1CCC. The Morgan fingerprint density at radius 1 is 1.04 bits per heavy atom. The molecule has 0 bridgehead atoms. The summed E-state index contributed by atoms with van der Waals surface area (Å²) in [6.45, 7) is 5.03. The summed E-state index contributed by atoms with van der Waals surface area (Å²) in [5.41, 5.74) is 0.216. The maximum absolute atomic E-state index is 12.2. The van der Waals surface area contributed by atoms with Crippen LogP contribution in [0.25, 0.3) is 11.2 Å². The average Bonchev–Trinajstić information content (AvgIpc) is 2.91. The Balaban J connectivity index is 2.13. The molecule has 2 rings (SSSR count). The fraction of sp³-hybridized carbons (Fsp3) is 0.706. The van der Waals surface area contributed by atoms with Crippen molar-refractivity contribution in [2.24, 2.45) is 7.05 Å². The van der Waals surface area contributed by atoms with Crippen LogP contribution in [0.5, 0.6) is 0 Å². The number of thioether (sulfide) groups is 1. The van der Waals surface area contributed by atoms with Crippen molar-refractivity contribution in [1.29, 1.82) is 0 Å². The molecule has 134 valence electrons. The molecule has 0 aliphatic carbocycles. The summed E-state index contributed by atoms with van der Waals surface area (Å²) >= 11 is 1.68. The number of imidazole rings is 1. The van der Waals surface area contributed by atoms with Crippen molar-refractivity contribution in [3.05, 3.63) is 20.8 Å². The van der Waals surface area contributed by atoms with Crippen molar-refractivity contribution in [1.82, 2.24) is 19.1 Å². The first-order valence-corrected chi connectivity index (χ1v) is 9.91. The van der Waals surface area contributed by atoms with Crippen molar-refractivity contribution in [2.45, 2.75) is 70.5 Å². The van der Waals surface area contributed by atoms with Crippen LogP contribution >= 0.6 is 11.8 Å². The van der Waals surface area contributed by atoms with Gasteiger partial charge in [0, 0.05) is 19.3 Å². The molecule has 0 aromatic carbocycles. The van der Waals surface area contributed by atoms with Gasteiger partial charge < -0.3 is 4.57 Å². The van der Waals surface area contributed by atoms with Crippen molar-refractivity contribution < 1.29 is 0 Å². The normalized spacial score (nSPS) is 11.5. The fourth-order valence-corrected chi connectivity index (χ4v) is 3.82. The largest absolute Gasteiger partial charge is 0.329 e. The first kappa shape index (κ1) is 18.8. The zero-order chi connectivity index (χ0) is 17.5. The van der Waals surface area contributed by atoms with E-state index in [-0.39, 0.29) is 5.56 Å². The van der Waals surface area contributed by atoms with Gasteiger partial charge in [-0.2, -0.15) is 0 Å². The highest BCUT2D eigenvalue weighted by Crippen LogP contribution is 2.23. The van der Waals surface area contributed by atoms with E-state index in [0.29, 0.717) is 11.2 Å². The van der Waals surface area contributed by atoms with E-state index in [2.05, 4.69) is 23.8 Å². The Morgan fingerprint density at radius 2 is 1.75 bits per heavy atom. The summed E-state index contributed by atoms with van der Waals surface area (Å²) < 4.78 is 3.37. The number of H-pyrrole nitrogens is 1. The minimum Gasteiger partial charge on any atom is -0.313 e. The highest BCUT2D eigenvalue weighted by Gasteiger charge is 2.16. The molecule has 0 atom stereocenters. The molecular weight excluding hydrogens is 324 g/mol. The van der Waals surface area contributed by atoms with Gasteiger partial charge in [-0.3, -0.25) is 14.3 Å². The van der Waals surface area contributed by atoms with Gasteiger partial charge in [-0.25, -0.2) is 9.78 Å². The van der Waals surface area contributed by atoms with Crippen LogP contribution in [-0.4, -0.2) is 24.9 Å². The number of nitrogens with one attached hydrogen (secondary N) is 1. The molecule has 2 aromatic heterocycles. The van der Waals surface area contributed by atoms with Gasteiger partial charge >= 0.3 is 5.69 Å². The summed E-state index contributed by atoms with van der Waals surface area (Å²) in [7, 11) is 1.64. The summed E-state index contributed by atoms with van der Waals surface area (Å²) in [4.78, 5) is 30.9. The molecular formula is C17H28N4O2S.